The van der Waals surface area contributed by atoms with Crippen LogP contribution in [0.1, 0.15) is 11.1 Å². The van der Waals surface area contributed by atoms with Crippen LogP contribution in [-0.2, 0) is 6.54 Å². The molecule has 0 aliphatic rings. The fourth-order valence-corrected chi connectivity index (χ4v) is 1.58. The third-order valence-electron chi connectivity index (χ3n) is 2.35. The van der Waals surface area contributed by atoms with Crippen molar-refractivity contribution in [3.63, 3.8) is 0 Å². The van der Waals surface area contributed by atoms with E-state index in [4.69, 9.17) is 22.1 Å². The van der Waals surface area contributed by atoms with Crippen LogP contribution in [-0.4, -0.2) is 4.98 Å². The maximum Gasteiger partial charge on any atom is 0.219 e. The maximum absolute atomic E-state index is 5.92. The summed E-state index contributed by atoms with van der Waals surface area (Å²) in [6.45, 7) is 2.37. The minimum Gasteiger partial charge on any atom is -0.439 e. The lowest BCUT2D eigenvalue weighted by molar-refractivity contribution is 0.457. The van der Waals surface area contributed by atoms with Crippen molar-refractivity contribution in [3.8, 4) is 11.6 Å². The molecule has 17 heavy (non-hydrogen) atoms. The second-order valence-corrected chi connectivity index (χ2v) is 4.17. The second kappa shape index (κ2) is 5.17. The van der Waals surface area contributed by atoms with Crippen LogP contribution >= 0.6 is 11.6 Å². The van der Waals surface area contributed by atoms with Gasteiger partial charge in [0.1, 0.15) is 5.75 Å². The fourth-order valence-electron chi connectivity index (χ4n) is 1.42. The van der Waals surface area contributed by atoms with Crippen LogP contribution < -0.4 is 10.5 Å². The van der Waals surface area contributed by atoms with Crippen LogP contribution in [0.15, 0.2) is 36.5 Å². The first-order valence-electron chi connectivity index (χ1n) is 5.28. The third kappa shape index (κ3) is 2.96. The predicted molar refractivity (Wildman–Crippen MR) is 68.4 cm³/mol. The Bertz CT molecular complexity index is 511. The van der Waals surface area contributed by atoms with Gasteiger partial charge >= 0.3 is 0 Å². The number of rotatable bonds is 3. The van der Waals surface area contributed by atoms with Crippen molar-refractivity contribution < 1.29 is 4.74 Å². The van der Waals surface area contributed by atoms with E-state index in [2.05, 4.69) is 4.98 Å². The topological polar surface area (TPSA) is 48.1 Å². The molecule has 2 aromatic rings. The van der Waals surface area contributed by atoms with E-state index in [0.29, 0.717) is 23.2 Å². The van der Waals surface area contributed by atoms with Crippen LogP contribution in [0.25, 0.3) is 0 Å². The molecule has 88 valence electrons. The molecule has 1 heterocycles. The van der Waals surface area contributed by atoms with Crippen molar-refractivity contribution in [3.05, 3.63) is 52.7 Å². The third-order valence-corrected chi connectivity index (χ3v) is 2.58. The standard InChI is InChI=1S/C13H13ClN2O/c1-9-2-5-13(16-8-9)17-12-6-11(14)4-3-10(12)7-15/h2-6,8H,7,15H2,1H3. The Morgan fingerprint density at radius 1 is 1.29 bits per heavy atom. The van der Waals surface area contributed by atoms with Gasteiger partial charge in [-0.3, -0.25) is 0 Å². The first kappa shape index (κ1) is 11.9. The van der Waals surface area contributed by atoms with E-state index in [0.717, 1.165) is 11.1 Å². The number of hydrogen-bond donors (Lipinski definition) is 1. The fraction of sp³-hybridized carbons (Fsp3) is 0.154. The second-order valence-electron chi connectivity index (χ2n) is 3.73. The Morgan fingerprint density at radius 3 is 2.76 bits per heavy atom. The van der Waals surface area contributed by atoms with E-state index in [1.165, 1.54) is 0 Å². The molecule has 3 nitrogen and oxygen atoms in total. The van der Waals surface area contributed by atoms with Gasteiger partial charge in [0.2, 0.25) is 5.88 Å². The first-order valence-corrected chi connectivity index (χ1v) is 5.66. The number of aryl methyl sites for hydroxylation is 1. The maximum atomic E-state index is 5.92. The van der Waals surface area contributed by atoms with Crippen LogP contribution in [0.2, 0.25) is 5.02 Å². The zero-order chi connectivity index (χ0) is 12.3. The number of benzene rings is 1. The molecule has 0 saturated carbocycles. The molecule has 0 aliphatic heterocycles. The zero-order valence-corrected chi connectivity index (χ0v) is 10.2. The van der Waals surface area contributed by atoms with Crippen LogP contribution in [0.3, 0.4) is 0 Å². The zero-order valence-electron chi connectivity index (χ0n) is 9.48. The summed E-state index contributed by atoms with van der Waals surface area (Å²) in [5.74, 6) is 1.18. The predicted octanol–water partition coefficient (Wildman–Crippen LogP) is 3.29. The summed E-state index contributed by atoms with van der Waals surface area (Å²) in [4.78, 5) is 4.17. The molecule has 4 heteroatoms. The molecular weight excluding hydrogens is 236 g/mol. The number of hydrogen-bond acceptors (Lipinski definition) is 3. The molecule has 0 radical (unpaired) electrons. The Hall–Kier alpha value is -1.58. The quantitative estimate of drug-likeness (QED) is 0.907. The first-order chi connectivity index (χ1) is 8.19. The number of nitrogens with two attached hydrogens (primary N) is 1. The highest BCUT2D eigenvalue weighted by molar-refractivity contribution is 6.30. The molecule has 0 fully saturated rings. The smallest absolute Gasteiger partial charge is 0.219 e. The summed E-state index contributed by atoms with van der Waals surface area (Å²) < 4.78 is 5.66. The van der Waals surface area contributed by atoms with E-state index in [-0.39, 0.29) is 0 Å². The monoisotopic (exact) mass is 248 g/mol. The van der Waals surface area contributed by atoms with E-state index >= 15 is 0 Å². The molecule has 0 atom stereocenters. The SMILES string of the molecule is Cc1ccc(Oc2cc(Cl)ccc2CN)nc1. The lowest BCUT2D eigenvalue weighted by atomic mass is 10.2. The number of halogens is 1. The Labute approximate surface area is 105 Å². The normalized spacial score (nSPS) is 10.3. The highest BCUT2D eigenvalue weighted by Gasteiger charge is 2.05. The van der Waals surface area contributed by atoms with E-state index in [9.17, 15) is 0 Å². The van der Waals surface area contributed by atoms with Gasteiger partial charge in [-0.2, -0.15) is 0 Å². The van der Waals surface area contributed by atoms with Gasteiger partial charge in [-0.1, -0.05) is 23.7 Å². The van der Waals surface area contributed by atoms with Crippen LogP contribution in [0.4, 0.5) is 0 Å². The molecule has 0 spiro atoms. The van der Waals surface area contributed by atoms with Gasteiger partial charge in [-0.05, 0) is 24.6 Å². The van der Waals surface area contributed by atoms with E-state index in [1.54, 1.807) is 18.3 Å². The van der Waals surface area contributed by atoms with Crippen LogP contribution in [0, 0.1) is 6.92 Å². The summed E-state index contributed by atoms with van der Waals surface area (Å²) in [5, 5.41) is 0.615. The summed E-state index contributed by atoms with van der Waals surface area (Å²) in [6.07, 6.45) is 1.75. The average molecular weight is 249 g/mol. The highest BCUT2D eigenvalue weighted by Crippen LogP contribution is 2.27. The largest absolute Gasteiger partial charge is 0.439 e. The Kier molecular flexibility index (Phi) is 3.61. The van der Waals surface area contributed by atoms with Crippen molar-refractivity contribution in [2.24, 2.45) is 5.73 Å². The van der Waals surface area contributed by atoms with Crippen LogP contribution in [0.5, 0.6) is 11.6 Å². The Morgan fingerprint density at radius 2 is 2.12 bits per heavy atom. The summed E-state index contributed by atoms with van der Waals surface area (Å²) >= 11 is 5.92. The molecule has 1 aromatic carbocycles. The number of ether oxygens (including phenoxy) is 1. The highest BCUT2D eigenvalue weighted by atomic mass is 35.5. The average Bonchev–Trinajstić information content (AvgIpc) is 2.32. The van der Waals surface area contributed by atoms with Gasteiger partial charge in [0, 0.05) is 29.4 Å². The van der Waals surface area contributed by atoms with Crippen molar-refractivity contribution >= 4 is 11.6 Å². The minimum atomic E-state index is 0.401. The Balaban J connectivity index is 2.28. The van der Waals surface area contributed by atoms with Gasteiger partial charge in [0.05, 0.1) is 0 Å². The van der Waals surface area contributed by atoms with E-state index in [1.807, 2.05) is 25.1 Å². The van der Waals surface area contributed by atoms with Gasteiger partial charge in [-0.25, -0.2) is 4.98 Å². The molecule has 0 bridgehead atoms. The molecule has 0 saturated heterocycles. The summed E-state index contributed by atoms with van der Waals surface area (Å²) in [6, 6.07) is 9.14. The summed E-state index contributed by atoms with van der Waals surface area (Å²) in [5.41, 5.74) is 7.62. The number of pyridine rings is 1. The molecular formula is C13H13ClN2O. The lowest BCUT2D eigenvalue weighted by Crippen LogP contribution is -1.99. The van der Waals surface area contributed by atoms with Crippen molar-refractivity contribution in [1.82, 2.24) is 4.98 Å². The van der Waals surface area contributed by atoms with Crippen molar-refractivity contribution in [1.29, 1.82) is 0 Å². The van der Waals surface area contributed by atoms with Gasteiger partial charge in [0.15, 0.2) is 0 Å². The van der Waals surface area contributed by atoms with E-state index < -0.39 is 0 Å². The molecule has 0 unspecified atom stereocenters. The number of nitrogens with zero attached hydrogens (tertiary/aromatic N) is 1. The summed E-state index contributed by atoms with van der Waals surface area (Å²) in [7, 11) is 0. The molecule has 0 amide bonds. The molecule has 1 aromatic heterocycles. The van der Waals surface area contributed by atoms with Crippen molar-refractivity contribution in [2.45, 2.75) is 13.5 Å². The molecule has 0 aliphatic carbocycles. The lowest BCUT2D eigenvalue weighted by Gasteiger charge is -2.09. The number of aromatic nitrogens is 1. The van der Waals surface area contributed by atoms with Gasteiger partial charge in [0.25, 0.3) is 0 Å². The van der Waals surface area contributed by atoms with Gasteiger partial charge in [-0.15, -0.1) is 0 Å². The molecule has 2 N–H and O–H groups in total. The minimum absolute atomic E-state index is 0.401. The molecule has 2 rings (SSSR count). The van der Waals surface area contributed by atoms with Gasteiger partial charge < -0.3 is 10.5 Å². The van der Waals surface area contributed by atoms with Crippen molar-refractivity contribution in [2.75, 3.05) is 0 Å².